The third-order valence-corrected chi connectivity index (χ3v) is 4.30. The molecule has 1 aromatic heterocycles. The van der Waals surface area contributed by atoms with Gasteiger partial charge in [-0.15, -0.1) is 0 Å². The van der Waals surface area contributed by atoms with Crippen molar-refractivity contribution in [1.82, 2.24) is 9.29 Å². The number of nitrogens with zero attached hydrogens (tertiary/aromatic N) is 2. The van der Waals surface area contributed by atoms with Crippen LogP contribution in [0.25, 0.3) is 0 Å². The largest absolute Gasteiger partial charge is 0.328 e. The lowest BCUT2D eigenvalue weighted by Crippen LogP contribution is -2.35. The van der Waals surface area contributed by atoms with E-state index in [9.17, 15) is 13.2 Å². The number of hydrogen-bond donors (Lipinski definition) is 1. The number of H-pyrrole nitrogens is 1. The first-order valence-electron chi connectivity index (χ1n) is 5.93. The van der Waals surface area contributed by atoms with Crippen molar-refractivity contribution in [2.45, 2.75) is 25.2 Å². The van der Waals surface area contributed by atoms with Gasteiger partial charge in [0.2, 0.25) is 15.6 Å². The van der Waals surface area contributed by atoms with E-state index >= 15 is 0 Å². The topological polar surface area (TPSA) is 94.0 Å². The first-order chi connectivity index (χ1) is 8.87. The number of nitriles is 1. The van der Waals surface area contributed by atoms with Crippen LogP contribution in [0, 0.1) is 17.2 Å². The van der Waals surface area contributed by atoms with Crippen molar-refractivity contribution in [1.29, 1.82) is 5.26 Å². The summed E-state index contributed by atoms with van der Waals surface area (Å²) in [5.74, 6) is 0.149. The zero-order valence-electron chi connectivity index (χ0n) is 11.0. The van der Waals surface area contributed by atoms with Crippen molar-refractivity contribution in [3.63, 3.8) is 0 Å². The molecule has 0 saturated heterocycles. The quantitative estimate of drug-likeness (QED) is 0.840. The molecule has 104 valence electrons. The molecule has 0 spiro atoms. The Balaban J connectivity index is 3.08. The lowest BCUT2D eigenvalue weighted by Gasteiger charge is -2.22. The smallest absolute Gasteiger partial charge is 0.247 e. The molecule has 0 saturated carbocycles. The maximum Gasteiger partial charge on any atom is 0.247 e. The molecule has 6 nitrogen and oxygen atoms in total. The minimum absolute atomic E-state index is 0.0330. The monoisotopic (exact) mass is 283 g/mol. The van der Waals surface area contributed by atoms with Crippen LogP contribution in [0.5, 0.6) is 0 Å². The van der Waals surface area contributed by atoms with Crippen LogP contribution >= 0.6 is 0 Å². The second kappa shape index (κ2) is 6.50. The molecule has 0 aliphatic heterocycles. The highest BCUT2D eigenvalue weighted by molar-refractivity contribution is 7.89. The third-order valence-electron chi connectivity index (χ3n) is 2.44. The molecule has 0 aromatic carbocycles. The van der Waals surface area contributed by atoms with Gasteiger partial charge in [-0.3, -0.25) is 4.79 Å². The molecule has 0 fully saturated rings. The number of sulfonamides is 1. The van der Waals surface area contributed by atoms with Crippen LogP contribution in [0.1, 0.15) is 20.3 Å². The summed E-state index contributed by atoms with van der Waals surface area (Å²) < 4.78 is 26.0. The number of aromatic nitrogens is 1. The van der Waals surface area contributed by atoms with Gasteiger partial charge in [-0.05, 0) is 12.0 Å². The Morgan fingerprint density at radius 3 is 2.58 bits per heavy atom. The van der Waals surface area contributed by atoms with Gasteiger partial charge in [0.05, 0.1) is 11.0 Å². The second-order valence-corrected chi connectivity index (χ2v) is 6.49. The van der Waals surface area contributed by atoms with E-state index in [-0.39, 0.29) is 29.3 Å². The first-order valence-corrected chi connectivity index (χ1v) is 7.37. The Morgan fingerprint density at radius 1 is 1.42 bits per heavy atom. The van der Waals surface area contributed by atoms with Crippen molar-refractivity contribution >= 4 is 10.0 Å². The summed E-state index contributed by atoms with van der Waals surface area (Å²) in [6.45, 7) is 4.29. The second-order valence-electron chi connectivity index (χ2n) is 4.55. The van der Waals surface area contributed by atoms with E-state index < -0.39 is 10.0 Å². The highest BCUT2D eigenvalue weighted by Crippen LogP contribution is 2.15. The van der Waals surface area contributed by atoms with Gasteiger partial charge in [0.15, 0.2) is 0 Å². The fourth-order valence-corrected chi connectivity index (χ4v) is 3.17. The summed E-state index contributed by atoms with van der Waals surface area (Å²) in [7, 11) is -3.67. The standard InChI is InChI=1S/C12H17N3O3S/c1-10(2)9-15(7-3-6-13)19(17,18)11-4-5-12(16)14-8-11/h4-5,8,10H,3,7,9H2,1-2H3,(H,14,16). The van der Waals surface area contributed by atoms with E-state index in [1.807, 2.05) is 19.9 Å². The molecule has 0 bridgehead atoms. The molecule has 0 aliphatic carbocycles. The van der Waals surface area contributed by atoms with Crippen molar-refractivity contribution in [3.8, 4) is 6.07 Å². The molecule has 0 atom stereocenters. The minimum atomic E-state index is -3.67. The van der Waals surface area contributed by atoms with Crippen molar-refractivity contribution in [2.75, 3.05) is 13.1 Å². The summed E-state index contributed by atoms with van der Waals surface area (Å²) in [6.07, 6.45) is 1.31. The molecular formula is C12H17N3O3S. The van der Waals surface area contributed by atoms with E-state index in [0.717, 1.165) is 0 Å². The highest BCUT2D eigenvalue weighted by atomic mass is 32.2. The fraction of sp³-hybridized carbons (Fsp3) is 0.500. The van der Waals surface area contributed by atoms with Gasteiger partial charge in [0.25, 0.3) is 0 Å². The minimum Gasteiger partial charge on any atom is -0.328 e. The van der Waals surface area contributed by atoms with Gasteiger partial charge in [0.1, 0.15) is 0 Å². The van der Waals surface area contributed by atoms with Gasteiger partial charge in [-0.25, -0.2) is 8.42 Å². The lowest BCUT2D eigenvalue weighted by atomic mass is 10.2. The van der Waals surface area contributed by atoms with Gasteiger partial charge in [0, 0.05) is 31.8 Å². The van der Waals surface area contributed by atoms with Gasteiger partial charge >= 0.3 is 0 Å². The van der Waals surface area contributed by atoms with Crippen LogP contribution in [0.2, 0.25) is 0 Å². The Hall–Kier alpha value is -1.65. The molecular weight excluding hydrogens is 266 g/mol. The molecule has 1 aromatic rings. The highest BCUT2D eigenvalue weighted by Gasteiger charge is 2.24. The summed E-state index contributed by atoms with van der Waals surface area (Å²) in [5.41, 5.74) is -0.355. The van der Waals surface area contributed by atoms with E-state index in [2.05, 4.69) is 4.98 Å². The van der Waals surface area contributed by atoms with E-state index in [0.29, 0.717) is 6.54 Å². The number of aromatic amines is 1. The molecule has 0 unspecified atom stereocenters. The van der Waals surface area contributed by atoms with E-state index in [1.54, 1.807) is 0 Å². The van der Waals surface area contributed by atoms with Crippen LogP contribution in [-0.2, 0) is 10.0 Å². The summed E-state index contributed by atoms with van der Waals surface area (Å²) in [6, 6.07) is 4.38. The average molecular weight is 283 g/mol. The molecule has 1 N–H and O–H groups in total. The van der Waals surface area contributed by atoms with Crippen molar-refractivity contribution in [3.05, 3.63) is 28.7 Å². The Morgan fingerprint density at radius 2 is 2.11 bits per heavy atom. The summed E-state index contributed by atoms with van der Waals surface area (Å²) in [4.78, 5) is 13.3. The number of hydrogen-bond acceptors (Lipinski definition) is 4. The molecule has 0 aliphatic rings. The normalized spacial score (nSPS) is 11.7. The predicted octanol–water partition coefficient (Wildman–Crippen LogP) is 0.935. The molecule has 19 heavy (non-hydrogen) atoms. The Labute approximate surface area is 112 Å². The van der Waals surface area contributed by atoms with Crippen LogP contribution in [0.4, 0.5) is 0 Å². The first kappa shape index (κ1) is 15.4. The molecule has 0 radical (unpaired) electrons. The van der Waals surface area contributed by atoms with Crippen LogP contribution in [0.15, 0.2) is 28.0 Å². The van der Waals surface area contributed by atoms with Crippen LogP contribution < -0.4 is 5.56 Å². The molecule has 1 rings (SSSR count). The van der Waals surface area contributed by atoms with Crippen LogP contribution in [0.3, 0.4) is 0 Å². The van der Waals surface area contributed by atoms with Crippen molar-refractivity contribution in [2.24, 2.45) is 5.92 Å². The zero-order chi connectivity index (χ0) is 14.5. The number of rotatable bonds is 6. The van der Waals surface area contributed by atoms with E-state index in [4.69, 9.17) is 5.26 Å². The van der Waals surface area contributed by atoms with E-state index in [1.165, 1.54) is 22.6 Å². The van der Waals surface area contributed by atoms with Crippen molar-refractivity contribution < 1.29 is 8.42 Å². The number of pyridine rings is 1. The van der Waals surface area contributed by atoms with Gasteiger partial charge in [-0.2, -0.15) is 9.57 Å². The fourth-order valence-electron chi connectivity index (χ4n) is 1.60. The molecule has 1 heterocycles. The summed E-state index contributed by atoms with van der Waals surface area (Å²) >= 11 is 0. The average Bonchev–Trinajstić information content (AvgIpc) is 2.34. The maximum absolute atomic E-state index is 12.4. The Bertz CT molecular complexity index is 593. The maximum atomic E-state index is 12.4. The van der Waals surface area contributed by atoms with Crippen LogP contribution in [-0.4, -0.2) is 30.8 Å². The lowest BCUT2D eigenvalue weighted by molar-refractivity contribution is 0.372. The molecule has 7 heteroatoms. The van der Waals surface area contributed by atoms with Gasteiger partial charge in [-0.1, -0.05) is 13.8 Å². The SMILES string of the molecule is CC(C)CN(CCC#N)S(=O)(=O)c1ccc(=O)[nH]c1. The molecule has 0 amide bonds. The predicted molar refractivity (Wildman–Crippen MR) is 70.9 cm³/mol. The Kier molecular flexibility index (Phi) is 5.27. The number of nitrogens with one attached hydrogen (secondary N) is 1. The summed E-state index contributed by atoms with van der Waals surface area (Å²) in [5, 5.41) is 8.60. The third kappa shape index (κ3) is 4.19. The van der Waals surface area contributed by atoms with Gasteiger partial charge < -0.3 is 4.98 Å². The zero-order valence-corrected chi connectivity index (χ0v) is 11.8.